The number of benzene rings is 1. The maximum atomic E-state index is 13.7. The smallest absolute Gasteiger partial charge is 0.152 e. The Balaban J connectivity index is 2.61. The summed E-state index contributed by atoms with van der Waals surface area (Å²) in [6.07, 6.45) is 3.13. The molecule has 0 aliphatic rings. The Kier molecular flexibility index (Phi) is 4.06. The van der Waals surface area contributed by atoms with Crippen LogP contribution < -0.4 is 4.90 Å². The lowest BCUT2D eigenvalue weighted by atomic mass is 10.1. The highest BCUT2D eigenvalue weighted by atomic mass is 19.1. The molecule has 2 aromatic rings. The zero-order valence-corrected chi connectivity index (χ0v) is 10.3. The standard InChI is InChI=1S/C14H14F2N2O/c1-2-5-18(6-7-19)13-3-4-17-14-11(13)8-10(15)9-12(14)16/h2-4,8-9,19H,1,5-7H2. The fourth-order valence-corrected chi connectivity index (χ4v) is 2.03. The molecule has 0 spiro atoms. The number of rotatable bonds is 5. The summed E-state index contributed by atoms with van der Waals surface area (Å²) >= 11 is 0. The van der Waals surface area contributed by atoms with Crippen LogP contribution in [0, 0.1) is 11.6 Å². The van der Waals surface area contributed by atoms with Crippen molar-refractivity contribution in [1.82, 2.24) is 4.98 Å². The molecule has 100 valence electrons. The Morgan fingerprint density at radius 2 is 2.16 bits per heavy atom. The van der Waals surface area contributed by atoms with Crippen LogP contribution in [-0.2, 0) is 0 Å². The highest BCUT2D eigenvalue weighted by molar-refractivity contribution is 5.92. The zero-order valence-electron chi connectivity index (χ0n) is 10.3. The maximum absolute atomic E-state index is 13.7. The Hall–Kier alpha value is -2.01. The number of aliphatic hydroxyl groups excluding tert-OH is 1. The second kappa shape index (κ2) is 5.75. The Morgan fingerprint density at radius 3 is 2.84 bits per heavy atom. The fourth-order valence-electron chi connectivity index (χ4n) is 2.03. The van der Waals surface area contributed by atoms with Gasteiger partial charge >= 0.3 is 0 Å². The van der Waals surface area contributed by atoms with Crippen molar-refractivity contribution < 1.29 is 13.9 Å². The first-order valence-corrected chi connectivity index (χ1v) is 5.88. The lowest BCUT2D eigenvalue weighted by molar-refractivity contribution is 0.303. The number of anilines is 1. The number of halogens is 2. The molecule has 0 fully saturated rings. The molecular formula is C14H14F2N2O. The van der Waals surface area contributed by atoms with Crippen molar-refractivity contribution in [3.63, 3.8) is 0 Å². The zero-order chi connectivity index (χ0) is 13.8. The third-order valence-corrected chi connectivity index (χ3v) is 2.80. The maximum Gasteiger partial charge on any atom is 0.152 e. The van der Waals surface area contributed by atoms with E-state index < -0.39 is 11.6 Å². The van der Waals surface area contributed by atoms with Gasteiger partial charge in [-0.2, -0.15) is 0 Å². The molecule has 0 amide bonds. The number of nitrogens with zero attached hydrogens (tertiary/aromatic N) is 2. The van der Waals surface area contributed by atoms with Crippen molar-refractivity contribution in [3.8, 4) is 0 Å². The largest absolute Gasteiger partial charge is 0.395 e. The van der Waals surface area contributed by atoms with Crippen LogP contribution in [0.15, 0.2) is 37.1 Å². The van der Waals surface area contributed by atoms with Crippen molar-refractivity contribution >= 4 is 16.6 Å². The first-order chi connectivity index (χ1) is 9.17. The third-order valence-electron chi connectivity index (χ3n) is 2.80. The van der Waals surface area contributed by atoms with Gasteiger partial charge in [-0.3, -0.25) is 4.98 Å². The van der Waals surface area contributed by atoms with Crippen LogP contribution in [0.5, 0.6) is 0 Å². The number of aliphatic hydroxyl groups is 1. The van der Waals surface area contributed by atoms with Gasteiger partial charge in [0.05, 0.1) is 6.61 Å². The van der Waals surface area contributed by atoms with E-state index in [1.54, 1.807) is 17.0 Å². The molecule has 0 unspecified atom stereocenters. The number of pyridine rings is 1. The van der Waals surface area contributed by atoms with Crippen LogP contribution in [0.4, 0.5) is 14.5 Å². The van der Waals surface area contributed by atoms with E-state index in [-0.39, 0.29) is 12.1 Å². The molecule has 1 N–H and O–H groups in total. The minimum absolute atomic E-state index is 0.0601. The molecule has 0 saturated carbocycles. The average molecular weight is 264 g/mol. The molecule has 1 heterocycles. The highest BCUT2D eigenvalue weighted by Gasteiger charge is 2.13. The quantitative estimate of drug-likeness (QED) is 0.843. The van der Waals surface area contributed by atoms with E-state index in [2.05, 4.69) is 11.6 Å². The molecule has 0 atom stereocenters. The van der Waals surface area contributed by atoms with Crippen LogP contribution in [0.3, 0.4) is 0 Å². The first kappa shape index (κ1) is 13.4. The van der Waals surface area contributed by atoms with Crippen molar-refractivity contribution in [1.29, 1.82) is 0 Å². The summed E-state index contributed by atoms with van der Waals surface area (Å²) < 4.78 is 27.0. The Bertz CT molecular complexity index is 601. The van der Waals surface area contributed by atoms with E-state index in [0.717, 1.165) is 6.07 Å². The second-order valence-corrected chi connectivity index (χ2v) is 4.07. The van der Waals surface area contributed by atoms with E-state index >= 15 is 0 Å². The number of hydrogen-bond acceptors (Lipinski definition) is 3. The van der Waals surface area contributed by atoms with Crippen molar-refractivity contribution in [2.24, 2.45) is 0 Å². The SMILES string of the molecule is C=CCN(CCO)c1ccnc2c(F)cc(F)cc12. The molecule has 3 nitrogen and oxygen atoms in total. The minimum Gasteiger partial charge on any atom is -0.395 e. The van der Waals surface area contributed by atoms with Crippen LogP contribution in [-0.4, -0.2) is 29.8 Å². The van der Waals surface area contributed by atoms with Gasteiger partial charge in [-0.25, -0.2) is 8.78 Å². The summed E-state index contributed by atoms with van der Waals surface area (Å²) in [6.45, 7) is 4.40. The topological polar surface area (TPSA) is 36.4 Å². The molecule has 1 aromatic heterocycles. The third kappa shape index (κ3) is 2.71. The average Bonchev–Trinajstić information content (AvgIpc) is 2.38. The summed E-state index contributed by atoms with van der Waals surface area (Å²) in [4.78, 5) is 5.72. The van der Waals surface area contributed by atoms with Crippen molar-refractivity contribution in [2.75, 3.05) is 24.6 Å². The van der Waals surface area contributed by atoms with Crippen LogP contribution in [0.2, 0.25) is 0 Å². The summed E-state index contributed by atoms with van der Waals surface area (Å²) in [5.74, 6) is -1.35. The molecule has 0 saturated heterocycles. The van der Waals surface area contributed by atoms with Gasteiger partial charge in [0.25, 0.3) is 0 Å². The summed E-state index contributed by atoms with van der Waals surface area (Å²) in [7, 11) is 0. The molecule has 1 aromatic carbocycles. The van der Waals surface area contributed by atoms with Gasteiger partial charge in [-0.15, -0.1) is 6.58 Å². The molecule has 0 aliphatic heterocycles. The normalized spacial score (nSPS) is 10.7. The Morgan fingerprint density at radius 1 is 1.37 bits per heavy atom. The molecule has 0 bridgehead atoms. The monoisotopic (exact) mass is 264 g/mol. The van der Waals surface area contributed by atoms with Crippen molar-refractivity contribution in [2.45, 2.75) is 0 Å². The lowest BCUT2D eigenvalue weighted by Gasteiger charge is -2.23. The van der Waals surface area contributed by atoms with Gasteiger partial charge in [0.15, 0.2) is 5.82 Å². The van der Waals surface area contributed by atoms with E-state index in [1.165, 1.54) is 12.3 Å². The van der Waals surface area contributed by atoms with Gasteiger partial charge in [-0.1, -0.05) is 6.08 Å². The number of fused-ring (bicyclic) bond motifs is 1. The number of hydrogen-bond donors (Lipinski definition) is 1. The van der Waals surface area contributed by atoms with E-state index in [1.807, 2.05) is 0 Å². The van der Waals surface area contributed by atoms with Gasteiger partial charge in [-0.05, 0) is 12.1 Å². The van der Waals surface area contributed by atoms with Gasteiger partial charge < -0.3 is 10.0 Å². The lowest BCUT2D eigenvalue weighted by Crippen LogP contribution is -2.26. The Labute approximate surface area is 109 Å². The molecular weight excluding hydrogens is 250 g/mol. The highest BCUT2D eigenvalue weighted by Crippen LogP contribution is 2.27. The fraction of sp³-hybridized carbons (Fsp3) is 0.214. The van der Waals surface area contributed by atoms with Crippen molar-refractivity contribution in [3.05, 3.63) is 48.7 Å². The van der Waals surface area contributed by atoms with Gasteiger partial charge in [0, 0.05) is 36.4 Å². The predicted octanol–water partition coefficient (Wildman–Crippen LogP) is 2.50. The molecule has 5 heteroatoms. The van der Waals surface area contributed by atoms with Crippen LogP contribution in [0.1, 0.15) is 0 Å². The van der Waals surface area contributed by atoms with Crippen LogP contribution >= 0.6 is 0 Å². The first-order valence-electron chi connectivity index (χ1n) is 5.88. The number of aromatic nitrogens is 1. The molecule has 2 rings (SSSR count). The van der Waals surface area contributed by atoms with E-state index in [0.29, 0.717) is 24.2 Å². The summed E-state index contributed by atoms with van der Waals surface area (Å²) in [6, 6.07) is 3.72. The summed E-state index contributed by atoms with van der Waals surface area (Å²) in [5, 5.41) is 9.45. The van der Waals surface area contributed by atoms with Gasteiger partial charge in [0.2, 0.25) is 0 Å². The van der Waals surface area contributed by atoms with Crippen LogP contribution in [0.25, 0.3) is 10.9 Å². The molecule has 0 aliphatic carbocycles. The van der Waals surface area contributed by atoms with E-state index in [4.69, 9.17) is 5.11 Å². The second-order valence-electron chi connectivity index (χ2n) is 4.07. The molecule has 0 radical (unpaired) electrons. The summed E-state index contributed by atoms with van der Waals surface area (Å²) in [5.41, 5.74) is 0.739. The molecule has 19 heavy (non-hydrogen) atoms. The minimum atomic E-state index is -0.695. The predicted molar refractivity (Wildman–Crippen MR) is 71.2 cm³/mol. The van der Waals surface area contributed by atoms with E-state index in [9.17, 15) is 8.78 Å². The van der Waals surface area contributed by atoms with Gasteiger partial charge in [0.1, 0.15) is 11.3 Å².